The predicted octanol–water partition coefficient (Wildman–Crippen LogP) is 4.02. The first kappa shape index (κ1) is 16.4. The van der Waals surface area contributed by atoms with Crippen LogP contribution in [0.3, 0.4) is 0 Å². The van der Waals surface area contributed by atoms with Crippen molar-refractivity contribution in [2.45, 2.75) is 32.2 Å². The van der Waals surface area contributed by atoms with Crippen LogP contribution in [0.1, 0.15) is 35.7 Å². The number of piperidine rings is 1. The standard InChI is InChI=1S/C18H19FN4OS/c1-12-9-16(24-21-12)18-17(20-22-25-18)14-6-4-8-23(11-14)10-13-5-2-3-7-15(13)19/h2-3,5,7,9,14H,4,6,8,10-11H2,1H3. The Morgan fingerprint density at radius 1 is 1.36 bits per heavy atom. The lowest BCUT2D eigenvalue weighted by Crippen LogP contribution is -2.34. The summed E-state index contributed by atoms with van der Waals surface area (Å²) in [6.07, 6.45) is 2.12. The van der Waals surface area contributed by atoms with Crippen LogP contribution in [-0.4, -0.2) is 32.7 Å². The molecule has 25 heavy (non-hydrogen) atoms. The van der Waals surface area contributed by atoms with Gasteiger partial charge in [-0.15, -0.1) is 5.10 Å². The molecule has 1 fully saturated rings. The zero-order valence-electron chi connectivity index (χ0n) is 14.0. The fourth-order valence-electron chi connectivity index (χ4n) is 3.40. The second-order valence-corrected chi connectivity index (χ2v) is 7.24. The van der Waals surface area contributed by atoms with E-state index in [4.69, 9.17) is 4.52 Å². The molecule has 3 heterocycles. The summed E-state index contributed by atoms with van der Waals surface area (Å²) in [4.78, 5) is 3.25. The van der Waals surface area contributed by atoms with Crippen LogP contribution in [0.15, 0.2) is 34.9 Å². The van der Waals surface area contributed by atoms with Crippen LogP contribution in [0.5, 0.6) is 0 Å². The van der Waals surface area contributed by atoms with Gasteiger partial charge in [0.2, 0.25) is 0 Å². The van der Waals surface area contributed by atoms with Crippen LogP contribution < -0.4 is 0 Å². The second kappa shape index (κ2) is 7.01. The molecular formula is C18H19FN4OS. The summed E-state index contributed by atoms with van der Waals surface area (Å²) in [6, 6.07) is 8.90. The highest BCUT2D eigenvalue weighted by molar-refractivity contribution is 7.09. The Morgan fingerprint density at radius 3 is 3.04 bits per heavy atom. The first-order valence-electron chi connectivity index (χ1n) is 8.42. The predicted molar refractivity (Wildman–Crippen MR) is 93.8 cm³/mol. The normalized spacial score (nSPS) is 18.6. The number of hydrogen-bond donors (Lipinski definition) is 0. The number of nitrogens with zero attached hydrogens (tertiary/aromatic N) is 4. The highest BCUT2D eigenvalue weighted by Gasteiger charge is 2.28. The first-order valence-corrected chi connectivity index (χ1v) is 9.20. The molecule has 2 aromatic heterocycles. The molecule has 130 valence electrons. The molecule has 1 aliphatic heterocycles. The summed E-state index contributed by atoms with van der Waals surface area (Å²) in [5, 5.41) is 8.33. The SMILES string of the molecule is Cc1cc(-c2snnc2C2CCCN(Cc3ccccc3F)C2)on1. The highest BCUT2D eigenvalue weighted by atomic mass is 32.1. The minimum absolute atomic E-state index is 0.141. The van der Waals surface area contributed by atoms with Crippen molar-refractivity contribution in [1.82, 2.24) is 19.6 Å². The lowest BCUT2D eigenvalue weighted by atomic mass is 9.93. The van der Waals surface area contributed by atoms with E-state index < -0.39 is 0 Å². The van der Waals surface area contributed by atoms with Crippen molar-refractivity contribution in [2.24, 2.45) is 0 Å². The molecule has 1 unspecified atom stereocenters. The largest absolute Gasteiger partial charge is 0.355 e. The number of rotatable bonds is 4. The van der Waals surface area contributed by atoms with Crippen molar-refractivity contribution in [3.63, 3.8) is 0 Å². The number of aromatic nitrogens is 3. The van der Waals surface area contributed by atoms with Gasteiger partial charge in [0.25, 0.3) is 0 Å². The molecule has 1 aliphatic rings. The van der Waals surface area contributed by atoms with E-state index in [9.17, 15) is 4.39 Å². The van der Waals surface area contributed by atoms with Gasteiger partial charge in [-0.25, -0.2) is 4.39 Å². The van der Waals surface area contributed by atoms with Gasteiger partial charge in [-0.3, -0.25) is 4.90 Å². The minimum atomic E-state index is -0.141. The molecule has 0 bridgehead atoms. The molecule has 0 aliphatic carbocycles. The van der Waals surface area contributed by atoms with Gasteiger partial charge in [0.15, 0.2) is 5.76 Å². The van der Waals surface area contributed by atoms with Crippen LogP contribution in [0.4, 0.5) is 4.39 Å². The molecule has 0 radical (unpaired) electrons. The van der Waals surface area contributed by atoms with Crippen molar-refractivity contribution in [3.8, 4) is 10.6 Å². The Morgan fingerprint density at radius 2 is 2.24 bits per heavy atom. The number of halogens is 1. The van der Waals surface area contributed by atoms with E-state index in [0.717, 1.165) is 53.5 Å². The van der Waals surface area contributed by atoms with Crippen LogP contribution in [-0.2, 0) is 6.54 Å². The van der Waals surface area contributed by atoms with Gasteiger partial charge in [-0.05, 0) is 43.9 Å². The molecule has 4 rings (SSSR count). The molecule has 7 heteroatoms. The van der Waals surface area contributed by atoms with Crippen LogP contribution in [0.25, 0.3) is 10.6 Å². The maximum atomic E-state index is 13.9. The molecule has 3 aromatic rings. The van der Waals surface area contributed by atoms with Crippen molar-refractivity contribution >= 4 is 11.5 Å². The zero-order chi connectivity index (χ0) is 17.2. The van der Waals surface area contributed by atoms with E-state index in [1.807, 2.05) is 25.1 Å². The molecule has 1 saturated heterocycles. The van der Waals surface area contributed by atoms with Gasteiger partial charge in [-0.1, -0.05) is 27.8 Å². The Bertz CT molecular complexity index is 862. The van der Waals surface area contributed by atoms with Gasteiger partial charge in [-0.2, -0.15) is 0 Å². The molecule has 1 atom stereocenters. The second-order valence-electron chi connectivity index (χ2n) is 6.49. The van der Waals surface area contributed by atoms with Gasteiger partial charge < -0.3 is 4.52 Å². The summed E-state index contributed by atoms with van der Waals surface area (Å²) >= 11 is 1.34. The van der Waals surface area contributed by atoms with E-state index in [0.29, 0.717) is 6.54 Å². The molecule has 5 nitrogen and oxygen atoms in total. The van der Waals surface area contributed by atoms with Crippen molar-refractivity contribution in [2.75, 3.05) is 13.1 Å². The lowest BCUT2D eigenvalue weighted by Gasteiger charge is -2.32. The Balaban J connectivity index is 1.52. The molecule has 0 saturated carbocycles. The summed E-state index contributed by atoms with van der Waals surface area (Å²) in [5.74, 6) is 0.867. The van der Waals surface area contributed by atoms with Crippen molar-refractivity contribution in [1.29, 1.82) is 0 Å². The summed E-state index contributed by atoms with van der Waals surface area (Å²) in [7, 11) is 0. The van der Waals surface area contributed by atoms with Gasteiger partial charge in [0, 0.05) is 30.6 Å². The number of hydrogen-bond acceptors (Lipinski definition) is 6. The first-order chi connectivity index (χ1) is 12.2. The molecule has 0 spiro atoms. The molecular weight excluding hydrogens is 339 g/mol. The van der Waals surface area contributed by atoms with E-state index in [-0.39, 0.29) is 11.7 Å². The number of benzene rings is 1. The van der Waals surface area contributed by atoms with E-state index in [2.05, 4.69) is 19.6 Å². The average Bonchev–Trinajstić information content (AvgIpc) is 3.26. The smallest absolute Gasteiger partial charge is 0.180 e. The van der Waals surface area contributed by atoms with E-state index in [1.165, 1.54) is 17.6 Å². The lowest BCUT2D eigenvalue weighted by molar-refractivity contribution is 0.196. The van der Waals surface area contributed by atoms with Crippen LogP contribution in [0.2, 0.25) is 0 Å². The van der Waals surface area contributed by atoms with Gasteiger partial charge in [0.05, 0.1) is 11.4 Å². The molecule has 0 amide bonds. The van der Waals surface area contributed by atoms with Crippen molar-refractivity contribution in [3.05, 3.63) is 53.1 Å². The molecule has 0 N–H and O–H groups in total. The third-order valence-electron chi connectivity index (χ3n) is 4.61. The average molecular weight is 358 g/mol. The highest BCUT2D eigenvalue weighted by Crippen LogP contribution is 2.35. The van der Waals surface area contributed by atoms with E-state index in [1.54, 1.807) is 6.07 Å². The number of likely N-dealkylation sites (tertiary alicyclic amines) is 1. The van der Waals surface area contributed by atoms with Crippen LogP contribution >= 0.6 is 11.5 Å². The minimum Gasteiger partial charge on any atom is -0.355 e. The Hall–Kier alpha value is -2.12. The summed E-state index contributed by atoms with van der Waals surface area (Å²) in [6.45, 7) is 4.34. The van der Waals surface area contributed by atoms with Gasteiger partial charge in [0.1, 0.15) is 10.7 Å². The monoisotopic (exact) mass is 358 g/mol. The molecule has 1 aromatic carbocycles. The topological polar surface area (TPSA) is 55.1 Å². The fourth-order valence-corrected chi connectivity index (χ4v) is 4.09. The van der Waals surface area contributed by atoms with Crippen LogP contribution in [0, 0.1) is 12.7 Å². The van der Waals surface area contributed by atoms with Gasteiger partial charge >= 0.3 is 0 Å². The zero-order valence-corrected chi connectivity index (χ0v) is 14.8. The van der Waals surface area contributed by atoms with Crippen molar-refractivity contribution < 1.29 is 8.91 Å². The summed E-state index contributed by atoms with van der Waals surface area (Å²) in [5.41, 5.74) is 2.56. The number of aryl methyl sites for hydroxylation is 1. The quantitative estimate of drug-likeness (QED) is 0.705. The van der Waals surface area contributed by atoms with E-state index >= 15 is 0 Å². The fraction of sp³-hybridized carbons (Fsp3) is 0.389. The Kier molecular flexibility index (Phi) is 4.59. The Labute approximate surface area is 149 Å². The summed E-state index contributed by atoms with van der Waals surface area (Å²) < 4.78 is 23.5. The maximum absolute atomic E-state index is 13.9. The third-order valence-corrected chi connectivity index (χ3v) is 5.37. The third kappa shape index (κ3) is 3.48. The maximum Gasteiger partial charge on any atom is 0.180 e.